The third-order valence-corrected chi connectivity index (χ3v) is 6.01. The predicted molar refractivity (Wildman–Crippen MR) is 92.5 cm³/mol. The van der Waals surface area contributed by atoms with E-state index in [1.165, 1.54) is 4.90 Å². The van der Waals surface area contributed by atoms with Gasteiger partial charge in [-0.2, -0.15) is 5.10 Å². The summed E-state index contributed by atoms with van der Waals surface area (Å²) in [6.45, 7) is 0. The average molecular weight is 348 g/mol. The Hall–Kier alpha value is -2.35. The number of hydrogen-bond donors (Lipinski definition) is 1. The van der Waals surface area contributed by atoms with Crippen LogP contribution in [-0.2, 0) is 16.9 Å². The van der Waals surface area contributed by atoms with Crippen LogP contribution in [0.4, 0.5) is 10.6 Å². The summed E-state index contributed by atoms with van der Waals surface area (Å²) in [5.41, 5.74) is 1.89. The van der Waals surface area contributed by atoms with Crippen LogP contribution in [0.5, 0.6) is 0 Å². The monoisotopic (exact) mass is 348 g/mol. The third kappa shape index (κ3) is 3.43. The Balaban J connectivity index is 1.71. The summed E-state index contributed by atoms with van der Waals surface area (Å²) >= 11 is 0. The fourth-order valence-corrected chi connectivity index (χ4v) is 4.63. The molecule has 1 aromatic carbocycles. The zero-order chi connectivity index (χ0) is 17.3. The maximum absolute atomic E-state index is 12.3. The molecule has 2 aromatic rings. The second-order valence-corrected chi connectivity index (χ2v) is 8.23. The molecule has 0 bridgehead atoms. The lowest BCUT2D eigenvalue weighted by molar-refractivity contribution is 0.209. The van der Waals surface area contributed by atoms with Gasteiger partial charge in [0, 0.05) is 26.2 Å². The van der Waals surface area contributed by atoms with Gasteiger partial charge in [0.1, 0.15) is 0 Å². The SMILES string of the molecule is CN(C(=O)Nc1cc(-c2ccccc2)n(C)n1)C1CCS(=O)(=O)C1. The van der Waals surface area contributed by atoms with Crippen molar-refractivity contribution in [2.24, 2.45) is 7.05 Å². The zero-order valence-electron chi connectivity index (χ0n) is 13.6. The summed E-state index contributed by atoms with van der Waals surface area (Å²) in [7, 11) is 0.397. The molecule has 1 fully saturated rings. The number of benzene rings is 1. The van der Waals surface area contributed by atoms with Crippen LogP contribution < -0.4 is 5.32 Å². The second-order valence-electron chi connectivity index (χ2n) is 6.00. The van der Waals surface area contributed by atoms with Crippen molar-refractivity contribution >= 4 is 21.7 Å². The lowest BCUT2D eigenvalue weighted by atomic mass is 10.1. The molecule has 3 rings (SSSR count). The number of hydrogen-bond acceptors (Lipinski definition) is 4. The number of amides is 2. The van der Waals surface area contributed by atoms with Gasteiger partial charge in [-0.15, -0.1) is 0 Å². The molecule has 1 atom stereocenters. The van der Waals surface area contributed by atoms with Crippen molar-refractivity contribution in [3.63, 3.8) is 0 Å². The van der Waals surface area contributed by atoms with Gasteiger partial charge in [-0.3, -0.25) is 10.00 Å². The minimum absolute atomic E-state index is 0.0222. The summed E-state index contributed by atoms with van der Waals surface area (Å²) in [4.78, 5) is 13.8. The van der Waals surface area contributed by atoms with Crippen LogP contribution in [0.3, 0.4) is 0 Å². The maximum Gasteiger partial charge on any atom is 0.323 e. The first kappa shape index (κ1) is 16.5. The van der Waals surface area contributed by atoms with E-state index in [1.807, 2.05) is 37.4 Å². The maximum atomic E-state index is 12.3. The standard InChI is InChI=1S/C16H20N4O3S/c1-19(13-8-9-24(22,23)11-13)16(21)17-15-10-14(20(2)18-15)12-6-4-3-5-7-12/h3-7,10,13H,8-9,11H2,1-2H3,(H,17,18,21). The van der Waals surface area contributed by atoms with Gasteiger partial charge in [0.05, 0.1) is 17.2 Å². The van der Waals surface area contributed by atoms with Crippen LogP contribution in [0, 0.1) is 0 Å². The molecule has 0 saturated carbocycles. The topological polar surface area (TPSA) is 84.3 Å². The highest BCUT2D eigenvalue weighted by Crippen LogP contribution is 2.22. The molecule has 24 heavy (non-hydrogen) atoms. The molecular weight excluding hydrogens is 328 g/mol. The lowest BCUT2D eigenvalue weighted by Crippen LogP contribution is -2.40. The van der Waals surface area contributed by atoms with Gasteiger partial charge < -0.3 is 4.90 Å². The molecule has 1 unspecified atom stereocenters. The number of nitrogens with zero attached hydrogens (tertiary/aromatic N) is 3. The van der Waals surface area contributed by atoms with Gasteiger partial charge in [-0.1, -0.05) is 30.3 Å². The summed E-state index contributed by atoms with van der Waals surface area (Å²) in [5, 5.41) is 7.04. The molecule has 128 valence electrons. The van der Waals surface area contributed by atoms with E-state index in [-0.39, 0.29) is 23.6 Å². The Kier molecular flexibility index (Phi) is 4.31. The van der Waals surface area contributed by atoms with E-state index in [0.717, 1.165) is 11.3 Å². The molecule has 1 aromatic heterocycles. The molecule has 1 aliphatic rings. The van der Waals surface area contributed by atoms with Gasteiger partial charge in [0.15, 0.2) is 15.7 Å². The van der Waals surface area contributed by atoms with Crippen molar-refractivity contribution in [3.8, 4) is 11.3 Å². The third-order valence-electron chi connectivity index (χ3n) is 4.26. The minimum Gasteiger partial charge on any atom is -0.324 e. The van der Waals surface area contributed by atoms with Crippen LogP contribution in [0.25, 0.3) is 11.3 Å². The van der Waals surface area contributed by atoms with E-state index >= 15 is 0 Å². The quantitative estimate of drug-likeness (QED) is 0.916. The van der Waals surface area contributed by atoms with Crippen molar-refractivity contribution in [1.82, 2.24) is 14.7 Å². The van der Waals surface area contributed by atoms with Crippen molar-refractivity contribution in [2.75, 3.05) is 23.9 Å². The highest BCUT2D eigenvalue weighted by Gasteiger charge is 2.32. The summed E-state index contributed by atoms with van der Waals surface area (Å²) < 4.78 is 24.8. The van der Waals surface area contributed by atoms with E-state index in [2.05, 4.69) is 10.4 Å². The number of aromatic nitrogens is 2. The van der Waals surface area contributed by atoms with Crippen LogP contribution in [0.2, 0.25) is 0 Å². The van der Waals surface area contributed by atoms with Gasteiger partial charge in [0.25, 0.3) is 0 Å². The lowest BCUT2D eigenvalue weighted by Gasteiger charge is -2.23. The number of nitrogens with one attached hydrogen (secondary N) is 1. The van der Waals surface area contributed by atoms with E-state index in [4.69, 9.17) is 0 Å². The van der Waals surface area contributed by atoms with Crippen molar-refractivity contribution in [1.29, 1.82) is 0 Å². The molecular formula is C16H20N4O3S. The molecule has 1 saturated heterocycles. The number of carbonyl (C=O) groups is 1. The first-order valence-corrected chi connectivity index (χ1v) is 9.51. The Labute approximate surface area is 141 Å². The Morgan fingerprint density at radius 2 is 2.04 bits per heavy atom. The largest absolute Gasteiger partial charge is 0.324 e. The van der Waals surface area contributed by atoms with E-state index < -0.39 is 9.84 Å². The molecule has 1 N–H and O–H groups in total. The van der Waals surface area contributed by atoms with Gasteiger partial charge in [-0.25, -0.2) is 13.2 Å². The van der Waals surface area contributed by atoms with E-state index in [1.54, 1.807) is 17.8 Å². The van der Waals surface area contributed by atoms with Crippen LogP contribution >= 0.6 is 0 Å². The molecule has 2 amide bonds. The van der Waals surface area contributed by atoms with Gasteiger partial charge in [-0.05, 0) is 12.0 Å². The fourth-order valence-electron chi connectivity index (χ4n) is 2.85. The number of carbonyl (C=O) groups excluding carboxylic acids is 1. The first-order valence-electron chi connectivity index (χ1n) is 7.69. The van der Waals surface area contributed by atoms with E-state index in [9.17, 15) is 13.2 Å². The van der Waals surface area contributed by atoms with Gasteiger partial charge in [0.2, 0.25) is 0 Å². The smallest absolute Gasteiger partial charge is 0.323 e. The van der Waals surface area contributed by atoms with Crippen molar-refractivity contribution in [2.45, 2.75) is 12.5 Å². The van der Waals surface area contributed by atoms with E-state index in [0.29, 0.717) is 12.2 Å². The second kappa shape index (κ2) is 6.27. The Bertz CT molecular complexity index is 845. The molecule has 0 spiro atoms. The molecule has 2 heterocycles. The highest BCUT2D eigenvalue weighted by atomic mass is 32.2. The normalized spacial score (nSPS) is 19.2. The molecule has 0 aliphatic carbocycles. The number of aryl methyl sites for hydroxylation is 1. The van der Waals surface area contributed by atoms with Crippen LogP contribution in [-0.4, -0.2) is 53.7 Å². The fraction of sp³-hybridized carbons (Fsp3) is 0.375. The first-order chi connectivity index (χ1) is 11.4. The number of rotatable bonds is 3. The van der Waals surface area contributed by atoms with Crippen molar-refractivity contribution in [3.05, 3.63) is 36.4 Å². The highest BCUT2D eigenvalue weighted by molar-refractivity contribution is 7.91. The van der Waals surface area contributed by atoms with Crippen LogP contribution in [0.1, 0.15) is 6.42 Å². The van der Waals surface area contributed by atoms with Crippen molar-refractivity contribution < 1.29 is 13.2 Å². The number of anilines is 1. The predicted octanol–water partition coefficient (Wildman–Crippen LogP) is 1.74. The minimum atomic E-state index is -3.03. The number of urea groups is 1. The Morgan fingerprint density at radius 3 is 2.67 bits per heavy atom. The zero-order valence-corrected chi connectivity index (χ0v) is 14.5. The molecule has 8 heteroatoms. The number of sulfone groups is 1. The summed E-state index contributed by atoms with van der Waals surface area (Å²) in [5.74, 6) is 0.597. The summed E-state index contributed by atoms with van der Waals surface area (Å²) in [6, 6.07) is 10.9. The van der Waals surface area contributed by atoms with Gasteiger partial charge >= 0.3 is 6.03 Å². The molecule has 7 nitrogen and oxygen atoms in total. The molecule has 0 radical (unpaired) electrons. The average Bonchev–Trinajstić information content (AvgIpc) is 3.09. The summed E-state index contributed by atoms with van der Waals surface area (Å²) in [6.07, 6.45) is 0.476. The van der Waals surface area contributed by atoms with Crippen LogP contribution in [0.15, 0.2) is 36.4 Å². The Morgan fingerprint density at radius 1 is 1.33 bits per heavy atom. The molecule has 1 aliphatic heterocycles.